The molecule has 2 saturated heterocycles. The van der Waals surface area contributed by atoms with Crippen LogP contribution >= 0.6 is 11.6 Å². The molecule has 0 aliphatic carbocycles. The van der Waals surface area contributed by atoms with Gasteiger partial charge in [-0.2, -0.15) is 0 Å². The van der Waals surface area contributed by atoms with E-state index in [1.807, 2.05) is 24.3 Å². The fourth-order valence-corrected chi connectivity index (χ4v) is 4.22. The SMILES string of the molecule is O=C(Nc1cc(-c2cccc(NCC3(F)CCOCC3)c2)c(Cl)cn1)C1CCCNC1. The van der Waals surface area contributed by atoms with Gasteiger partial charge in [0.15, 0.2) is 0 Å². The van der Waals surface area contributed by atoms with Gasteiger partial charge in [-0.1, -0.05) is 23.7 Å². The van der Waals surface area contributed by atoms with Gasteiger partial charge in [-0.25, -0.2) is 9.37 Å². The second kappa shape index (κ2) is 9.94. The predicted octanol–water partition coefficient (Wildman–Crippen LogP) is 4.27. The van der Waals surface area contributed by atoms with E-state index in [0.717, 1.165) is 36.2 Å². The summed E-state index contributed by atoms with van der Waals surface area (Å²) in [6, 6.07) is 9.45. The summed E-state index contributed by atoms with van der Waals surface area (Å²) in [6.07, 6.45) is 4.20. The number of hydrogen-bond donors (Lipinski definition) is 3. The van der Waals surface area contributed by atoms with Gasteiger partial charge in [-0.15, -0.1) is 0 Å². The summed E-state index contributed by atoms with van der Waals surface area (Å²) in [5.41, 5.74) is 1.19. The van der Waals surface area contributed by atoms with Crippen LogP contribution in [0.25, 0.3) is 11.1 Å². The second-order valence-corrected chi connectivity index (χ2v) is 8.69. The van der Waals surface area contributed by atoms with Crippen molar-refractivity contribution in [2.24, 2.45) is 5.92 Å². The lowest BCUT2D eigenvalue weighted by Crippen LogP contribution is -2.38. The third kappa shape index (κ3) is 5.73. The van der Waals surface area contributed by atoms with Crippen molar-refractivity contribution in [3.63, 3.8) is 0 Å². The number of aromatic nitrogens is 1. The first kappa shape index (κ1) is 22.0. The number of nitrogens with one attached hydrogen (secondary N) is 3. The van der Waals surface area contributed by atoms with Crippen molar-refractivity contribution in [3.05, 3.63) is 41.6 Å². The molecule has 1 atom stereocenters. The molecule has 8 heteroatoms. The number of halogens is 2. The van der Waals surface area contributed by atoms with E-state index >= 15 is 0 Å². The van der Waals surface area contributed by atoms with E-state index in [1.54, 1.807) is 12.3 Å². The highest BCUT2D eigenvalue weighted by molar-refractivity contribution is 6.33. The zero-order chi connectivity index (χ0) is 21.7. The van der Waals surface area contributed by atoms with Gasteiger partial charge in [-0.05, 0) is 43.1 Å². The highest BCUT2D eigenvalue weighted by Crippen LogP contribution is 2.32. The zero-order valence-corrected chi connectivity index (χ0v) is 18.2. The summed E-state index contributed by atoms with van der Waals surface area (Å²) in [5, 5.41) is 9.86. The Bertz CT molecular complexity index is 914. The summed E-state index contributed by atoms with van der Waals surface area (Å²) >= 11 is 6.41. The van der Waals surface area contributed by atoms with Gasteiger partial charge >= 0.3 is 0 Å². The maximum atomic E-state index is 14.9. The molecule has 2 aromatic rings. The van der Waals surface area contributed by atoms with Gasteiger partial charge in [0.2, 0.25) is 5.91 Å². The van der Waals surface area contributed by atoms with Gasteiger partial charge < -0.3 is 20.7 Å². The number of alkyl halides is 1. The number of hydrogen-bond acceptors (Lipinski definition) is 5. The number of benzene rings is 1. The average Bonchev–Trinajstić information content (AvgIpc) is 2.80. The molecule has 0 saturated carbocycles. The number of ether oxygens (including phenoxy) is 1. The van der Waals surface area contributed by atoms with E-state index in [-0.39, 0.29) is 18.4 Å². The second-order valence-electron chi connectivity index (χ2n) is 8.28. The fraction of sp³-hybridized carbons (Fsp3) is 0.478. The lowest BCUT2D eigenvalue weighted by Gasteiger charge is -2.30. The molecular formula is C23H28ClFN4O2. The number of amides is 1. The lowest BCUT2D eigenvalue weighted by atomic mass is 9.96. The molecule has 3 heterocycles. The quantitative estimate of drug-likeness (QED) is 0.617. The molecular weight excluding hydrogens is 419 g/mol. The van der Waals surface area contributed by atoms with Crippen molar-refractivity contribution < 1.29 is 13.9 Å². The van der Waals surface area contributed by atoms with Crippen LogP contribution in [0, 0.1) is 5.92 Å². The maximum absolute atomic E-state index is 14.9. The van der Waals surface area contributed by atoms with Crippen molar-refractivity contribution in [2.75, 3.05) is 43.5 Å². The molecule has 4 rings (SSSR count). The summed E-state index contributed by atoms with van der Waals surface area (Å²) in [5.74, 6) is 0.381. The molecule has 0 radical (unpaired) electrons. The molecule has 2 aliphatic rings. The van der Waals surface area contributed by atoms with Crippen molar-refractivity contribution in [1.29, 1.82) is 0 Å². The van der Waals surface area contributed by atoms with E-state index in [2.05, 4.69) is 20.9 Å². The zero-order valence-electron chi connectivity index (χ0n) is 17.4. The van der Waals surface area contributed by atoms with Crippen molar-refractivity contribution in [2.45, 2.75) is 31.4 Å². The Morgan fingerprint density at radius 2 is 2.16 bits per heavy atom. The van der Waals surface area contributed by atoms with Gasteiger partial charge in [-0.3, -0.25) is 4.79 Å². The molecule has 3 N–H and O–H groups in total. The number of carbonyl (C=O) groups excluding carboxylic acids is 1. The lowest BCUT2D eigenvalue weighted by molar-refractivity contribution is -0.120. The van der Waals surface area contributed by atoms with E-state index in [4.69, 9.17) is 16.3 Å². The van der Waals surface area contributed by atoms with Gasteiger partial charge in [0.05, 0.1) is 10.9 Å². The van der Waals surface area contributed by atoms with Crippen molar-refractivity contribution in [1.82, 2.24) is 10.3 Å². The number of anilines is 2. The summed E-state index contributed by atoms with van der Waals surface area (Å²) in [6.45, 7) is 2.78. The number of piperidine rings is 1. The number of nitrogens with zero attached hydrogens (tertiary/aromatic N) is 1. The first-order valence-electron chi connectivity index (χ1n) is 10.8. The minimum atomic E-state index is -1.26. The molecule has 1 aromatic heterocycles. The van der Waals surface area contributed by atoms with Crippen LogP contribution < -0.4 is 16.0 Å². The molecule has 2 aliphatic heterocycles. The molecule has 6 nitrogen and oxygen atoms in total. The summed E-state index contributed by atoms with van der Waals surface area (Å²) < 4.78 is 20.1. The Morgan fingerprint density at radius 3 is 2.94 bits per heavy atom. The smallest absolute Gasteiger partial charge is 0.229 e. The van der Waals surface area contributed by atoms with E-state index in [0.29, 0.717) is 43.4 Å². The van der Waals surface area contributed by atoms with Crippen LogP contribution in [0.1, 0.15) is 25.7 Å². The van der Waals surface area contributed by atoms with Crippen LogP contribution in [-0.2, 0) is 9.53 Å². The minimum Gasteiger partial charge on any atom is -0.382 e. The number of pyridine rings is 1. The maximum Gasteiger partial charge on any atom is 0.229 e. The third-order valence-electron chi connectivity index (χ3n) is 5.95. The van der Waals surface area contributed by atoms with Crippen molar-refractivity contribution in [3.8, 4) is 11.1 Å². The molecule has 0 spiro atoms. The first-order chi connectivity index (χ1) is 15.0. The molecule has 1 amide bonds. The van der Waals surface area contributed by atoms with E-state index < -0.39 is 5.67 Å². The monoisotopic (exact) mass is 446 g/mol. The van der Waals surface area contributed by atoms with Crippen LogP contribution in [0.5, 0.6) is 0 Å². The van der Waals surface area contributed by atoms with E-state index in [1.165, 1.54) is 0 Å². The summed E-state index contributed by atoms with van der Waals surface area (Å²) in [4.78, 5) is 16.8. The fourth-order valence-electron chi connectivity index (χ4n) is 4.00. The van der Waals surface area contributed by atoms with Crippen LogP contribution in [0.2, 0.25) is 5.02 Å². The van der Waals surface area contributed by atoms with Gasteiger partial charge in [0, 0.05) is 56.6 Å². The normalized spacial score (nSPS) is 20.8. The minimum absolute atomic E-state index is 0.0342. The van der Waals surface area contributed by atoms with Crippen LogP contribution in [0.3, 0.4) is 0 Å². The van der Waals surface area contributed by atoms with Gasteiger partial charge in [0.1, 0.15) is 11.5 Å². The number of rotatable bonds is 6. The third-order valence-corrected chi connectivity index (χ3v) is 6.25. The molecule has 1 aromatic carbocycles. The molecule has 1 unspecified atom stereocenters. The first-order valence-corrected chi connectivity index (χ1v) is 11.2. The Hall–Kier alpha value is -2.22. The van der Waals surface area contributed by atoms with Crippen LogP contribution in [0.4, 0.5) is 15.9 Å². The topological polar surface area (TPSA) is 75.3 Å². The molecule has 0 bridgehead atoms. The van der Waals surface area contributed by atoms with Crippen LogP contribution in [0.15, 0.2) is 36.5 Å². The van der Waals surface area contributed by atoms with Crippen molar-refractivity contribution >= 4 is 29.0 Å². The average molecular weight is 447 g/mol. The Kier molecular flexibility index (Phi) is 7.05. The highest BCUT2D eigenvalue weighted by Gasteiger charge is 2.32. The summed E-state index contributed by atoms with van der Waals surface area (Å²) in [7, 11) is 0. The largest absolute Gasteiger partial charge is 0.382 e. The highest BCUT2D eigenvalue weighted by atomic mass is 35.5. The Balaban J connectivity index is 1.46. The number of carbonyl (C=O) groups is 1. The molecule has 31 heavy (non-hydrogen) atoms. The molecule has 166 valence electrons. The predicted molar refractivity (Wildman–Crippen MR) is 121 cm³/mol. The standard InChI is InChI=1S/C23H28ClFN4O2/c24-20-14-27-21(29-22(30)17-4-2-8-26-13-17)12-19(20)16-3-1-5-18(11-16)28-15-23(25)6-9-31-10-7-23/h1,3,5,11-12,14,17,26,28H,2,4,6-10,13,15H2,(H,27,29,30). The Morgan fingerprint density at radius 1 is 1.32 bits per heavy atom. The molecule has 2 fully saturated rings. The van der Waals surface area contributed by atoms with Crippen LogP contribution in [-0.4, -0.2) is 49.4 Å². The van der Waals surface area contributed by atoms with Gasteiger partial charge in [0.25, 0.3) is 0 Å². The van der Waals surface area contributed by atoms with E-state index in [9.17, 15) is 9.18 Å². The Labute approximate surface area is 186 Å².